The van der Waals surface area contributed by atoms with E-state index in [0.29, 0.717) is 17.6 Å². The van der Waals surface area contributed by atoms with E-state index in [9.17, 15) is 4.39 Å². The largest absolute Gasteiger partial charge is 0.356 e. The molecular weight excluding hydrogens is 327 g/mol. The minimum Gasteiger partial charge on any atom is -0.356 e. The lowest BCUT2D eigenvalue weighted by atomic mass is 10.1. The molecule has 0 aromatic heterocycles. The van der Waals surface area contributed by atoms with Crippen LogP contribution in [0.25, 0.3) is 0 Å². The summed E-state index contributed by atoms with van der Waals surface area (Å²) in [6.45, 7) is 6.42. The second kappa shape index (κ2) is 9.84. The lowest BCUT2D eigenvalue weighted by Crippen LogP contribution is -2.49. The molecule has 1 aromatic carbocycles. The van der Waals surface area contributed by atoms with Gasteiger partial charge in [-0.25, -0.2) is 4.39 Å². The fourth-order valence-electron chi connectivity index (χ4n) is 3.05. The summed E-state index contributed by atoms with van der Waals surface area (Å²) < 4.78 is 13.1. The van der Waals surface area contributed by atoms with E-state index in [0.717, 1.165) is 43.9 Å². The van der Waals surface area contributed by atoms with E-state index in [1.54, 1.807) is 13.1 Å². The average Bonchev–Trinajstić information content (AvgIpc) is 2.57. The van der Waals surface area contributed by atoms with Gasteiger partial charge in [-0.3, -0.25) is 4.99 Å². The summed E-state index contributed by atoms with van der Waals surface area (Å²) in [6.07, 6.45) is 4.23. The molecule has 0 bridgehead atoms. The van der Waals surface area contributed by atoms with Crippen LogP contribution in [0.15, 0.2) is 23.2 Å². The zero-order valence-electron chi connectivity index (χ0n) is 14.6. The highest BCUT2D eigenvalue weighted by Crippen LogP contribution is 2.17. The number of halogens is 2. The molecule has 134 valence electrons. The molecule has 1 fully saturated rings. The molecule has 1 aliphatic heterocycles. The average molecular weight is 355 g/mol. The van der Waals surface area contributed by atoms with Crippen molar-refractivity contribution in [2.75, 3.05) is 33.2 Å². The van der Waals surface area contributed by atoms with E-state index in [1.165, 1.54) is 25.1 Å². The minimum atomic E-state index is -0.302. The van der Waals surface area contributed by atoms with Crippen LogP contribution in [-0.4, -0.2) is 50.1 Å². The molecule has 0 amide bonds. The molecule has 0 atom stereocenters. The summed E-state index contributed by atoms with van der Waals surface area (Å²) >= 11 is 6.06. The van der Waals surface area contributed by atoms with Gasteiger partial charge in [-0.05, 0) is 49.9 Å². The van der Waals surface area contributed by atoms with Crippen molar-refractivity contribution in [3.63, 3.8) is 0 Å². The van der Waals surface area contributed by atoms with Gasteiger partial charge in [0.2, 0.25) is 0 Å². The number of guanidine groups is 1. The van der Waals surface area contributed by atoms with Crippen LogP contribution in [0.1, 0.15) is 31.7 Å². The summed E-state index contributed by atoms with van der Waals surface area (Å²) in [7, 11) is 1.78. The smallest absolute Gasteiger partial charge is 0.191 e. The Kier molecular flexibility index (Phi) is 7.79. The molecule has 1 aliphatic rings. The Labute approximate surface area is 149 Å². The standard InChI is InChI=1S/C18H28ClFN4/c1-3-10-24-11-7-16(8-12-24)23-18(21-2)22-9-6-14-4-5-15(20)13-17(14)19/h4-5,13,16H,3,6-12H2,1-2H3,(H2,21,22,23). The molecular formula is C18H28ClFN4. The van der Waals surface area contributed by atoms with Crippen molar-refractivity contribution in [1.29, 1.82) is 0 Å². The Morgan fingerprint density at radius 2 is 2.12 bits per heavy atom. The minimum absolute atomic E-state index is 0.302. The van der Waals surface area contributed by atoms with Gasteiger partial charge in [-0.1, -0.05) is 24.6 Å². The molecule has 1 aromatic rings. The first-order chi connectivity index (χ1) is 11.6. The van der Waals surface area contributed by atoms with Crippen LogP contribution in [-0.2, 0) is 6.42 Å². The summed E-state index contributed by atoms with van der Waals surface area (Å²) in [4.78, 5) is 6.81. The third kappa shape index (κ3) is 5.95. The van der Waals surface area contributed by atoms with Crippen LogP contribution in [0.5, 0.6) is 0 Å². The van der Waals surface area contributed by atoms with Crippen LogP contribution >= 0.6 is 11.6 Å². The quantitative estimate of drug-likeness (QED) is 0.609. The van der Waals surface area contributed by atoms with Crippen molar-refractivity contribution in [2.24, 2.45) is 4.99 Å². The highest BCUT2D eigenvalue weighted by atomic mass is 35.5. The normalized spacial score (nSPS) is 17.1. The van der Waals surface area contributed by atoms with Crippen LogP contribution < -0.4 is 10.6 Å². The van der Waals surface area contributed by atoms with Gasteiger partial charge in [0.25, 0.3) is 0 Å². The summed E-state index contributed by atoms with van der Waals surface area (Å²) in [5, 5.41) is 7.29. The van der Waals surface area contributed by atoms with Gasteiger partial charge in [0.15, 0.2) is 5.96 Å². The van der Waals surface area contributed by atoms with Gasteiger partial charge in [-0.2, -0.15) is 0 Å². The van der Waals surface area contributed by atoms with Crippen LogP contribution in [0.4, 0.5) is 4.39 Å². The zero-order valence-corrected chi connectivity index (χ0v) is 15.4. The van der Waals surface area contributed by atoms with Crippen molar-refractivity contribution in [2.45, 2.75) is 38.6 Å². The van der Waals surface area contributed by atoms with E-state index >= 15 is 0 Å². The number of benzene rings is 1. The Morgan fingerprint density at radius 3 is 2.75 bits per heavy atom. The van der Waals surface area contributed by atoms with Crippen LogP contribution in [0, 0.1) is 5.82 Å². The Hall–Kier alpha value is -1.33. The lowest BCUT2D eigenvalue weighted by molar-refractivity contribution is 0.206. The Bertz CT molecular complexity index is 542. The molecule has 24 heavy (non-hydrogen) atoms. The highest BCUT2D eigenvalue weighted by Gasteiger charge is 2.19. The fourth-order valence-corrected chi connectivity index (χ4v) is 3.31. The molecule has 2 rings (SSSR count). The van der Waals surface area contributed by atoms with Gasteiger partial charge in [0.1, 0.15) is 5.82 Å². The number of piperidine rings is 1. The van der Waals surface area contributed by atoms with Crippen LogP contribution in [0.3, 0.4) is 0 Å². The molecule has 0 unspecified atom stereocenters. The van der Waals surface area contributed by atoms with Gasteiger partial charge >= 0.3 is 0 Å². The van der Waals surface area contributed by atoms with Gasteiger partial charge < -0.3 is 15.5 Å². The first-order valence-corrected chi connectivity index (χ1v) is 9.13. The van der Waals surface area contributed by atoms with E-state index in [1.807, 2.05) is 0 Å². The number of aliphatic imine (C=N–C) groups is 1. The summed E-state index contributed by atoms with van der Waals surface area (Å²) in [5.41, 5.74) is 0.939. The number of hydrogen-bond acceptors (Lipinski definition) is 2. The molecule has 0 aliphatic carbocycles. The maximum absolute atomic E-state index is 13.1. The Balaban J connectivity index is 1.73. The first-order valence-electron chi connectivity index (χ1n) is 8.75. The van der Waals surface area contributed by atoms with Gasteiger partial charge in [-0.15, -0.1) is 0 Å². The highest BCUT2D eigenvalue weighted by molar-refractivity contribution is 6.31. The van der Waals surface area contributed by atoms with Crippen LogP contribution in [0.2, 0.25) is 5.02 Å². The topological polar surface area (TPSA) is 39.7 Å². The van der Waals surface area contributed by atoms with Gasteiger partial charge in [0, 0.05) is 37.7 Å². The summed E-state index contributed by atoms with van der Waals surface area (Å²) in [5.74, 6) is 0.519. The molecule has 1 heterocycles. The monoisotopic (exact) mass is 354 g/mol. The summed E-state index contributed by atoms with van der Waals surface area (Å²) in [6, 6.07) is 5.00. The predicted octanol–water partition coefficient (Wildman–Crippen LogP) is 3.06. The molecule has 0 saturated carbocycles. The lowest BCUT2D eigenvalue weighted by Gasteiger charge is -2.32. The molecule has 2 N–H and O–H groups in total. The van der Waals surface area contributed by atoms with Crippen molar-refractivity contribution in [3.05, 3.63) is 34.6 Å². The van der Waals surface area contributed by atoms with E-state index in [-0.39, 0.29) is 5.82 Å². The van der Waals surface area contributed by atoms with Crippen molar-refractivity contribution in [1.82, 2.24) is 15.5 Å². The Morgan fingerprint density at radius 1 is 1.38 bits per heavy atom. The number of nitrogens with zero attached hydrogens (tertiary/aromatic N) is 2. The molecule has 0 spiro atoms. The molecule has 6 heteroatoms. The molecule has 0 radical (unpaired) electrons. The maximum Gasteiger partial charge on any atom is 0.191 e. The number of likely N-dealkylation sites (tertiary alicyclic amines) is 1. The van der Waals surface area contributed by atoms with E-state index in [2.05, 4.69) is 27.4 Å². The SMILES string of the molecule is CCCN1CCC(NC(=NC)NCCc2ccc(F)cc2Cl)CC1. The third-order valence-corrected chi connectivity index (χ3v) is 4.75. The van der Waals surface area contributed by atoms with Crippen molar-refractivity contribution < 1.29 is 4.39 Å². The first kappa shape index (κ1) is 19.0. The molecule has 4 nitrogen and oxygen atoms in total. The second-order valence-electron chi connectivity index (χ2n) is 6.24. The van der Waals surface area contributed by atoms with E-state index < -0.39 is 0 Å². The number of nitrogens with one attached hydrogen (secondary N) is 2. The third-order valence-electron chi connectivity index (χ3n) is 4.39. The van der Waals surface area contributed by atoms with Crippen molar-refractivity contribution >= 4 is 17.6 Å². The maximum atomic E-state index is 13.1. The molecule has 1 saturated heterocycles. The number of rotatable bonds is 6. The zero-order chi connectivity index (χ0) is 17.4. The second-order valence-corrected chi connectivity index (χ2v) is 6.65. The van der Waals surface area contributed by atoms with Gasteiger partial charge in [0.05, 0.1) is 0 Å². The fraction of sp³-hybridized carbons (Fsp3) is 0.611. The predicted molar refractivity (Wildman–Crippen MR) is 99.4 cm³/mol. The number of hydrogen-bond donors (Lipinski definition) is 2. The van der Waals surface area contributed by atoms with E-state index in [4.69, 9.17) is 11.6 Å². The van der Waals surface area contributed by atoms with Crippen molar-refractivity contribution in [3.8, 4) is 0 Å².